The van der Waals surface area contributed by atoms with Gasteiger partial charge in [0.15, 0.2) is 14.6 Å². The van der Waals surface area contributed by atoms with Crippen molar-refractivity contribution >= 4 is 26.6 Å². The fourth-order valence-corrected chi connectivity index (χ4v) is 4.06. The summed E-state index contributed by atoms with van der Waals surface area (Å²) < 4.78 is 38.1. The summed E-state index contributed by atoms with van der Waals surface area (Å²) in [4.78, 5) is 29.0. The van der Waals surface area contributed by atoms with E-state index in [1.807, 2.05) is 19.1 Å². The summed E-state index contributed by atoms with van der Waals surface area (Å²) in [6.07, 6.45) is 1.79. The van der Waals surface area contributed by atoms with Gasteiger partial charge in [-0.2, -0.15) is 0 Å². The number of rotatable bonds is 6. The van der Waals surface area contributed by atoms with Gasteiger partial charge in [0.2, 0.25) is 0 Å². The molecule has 1 heterocycles. The highest BCUT2D eigenvalue weighted by Gasteiger charge is 2.43. The number of benzene rings is 2. The third kappa shape index (κ3) is 4.21. The lowest BCUT2D eigenvalue weighted by molar-refractivity contribution is -0.131. The van der Waals surface area contributed by atoms with Gasteiger partial charge in [-0.3, -0.25) is 19.4 Å². The molecule has 0 aliphatic carbocycles. The quantitative estimate of drug-likeness (QED) is 0.442. The second-order valence-corrected chi connectivity index (χ2v) is 10.1. The lowest BCUT2D eigenvalue weighted by Crippen LogP contribution is -2.50. The van der Waals surface area contributed by atoms with Crippen LogP contribution in [0.1, 0.15) is 18.9 Å². The number of aryl methyl sites for hydroxylation is 2. The van der Waals surface area contributed by atoms with Crippen LogP contribution in [0, 0.1) is 12.7 Å². The SMILES string of the molecule is Cc1ccc(-c2cc3ncn(CC[C@@](C)(C(=O)NO)S(C)(=O)=O)c(=O)c3cc2F)cc1. The Labute approximate surface area is 178 Å². The average Bonchev–Trinajstić information content (AvgIpc) is 2.72. The predicted molar refractivity (Wildman–Crippen MR) is 114 cm³/mol. The number of carbonyl (C=O) groups excluding carboxylic acids is 1. The van der Waals surface area contributed by atoms with E-state index in [-0.39, 0.29) is 23.9 Å². The minimum absolute atomic E-state index is 0.0310. The Kier molecular flexibility index (Phi) is 5.97. The lowest BCUT2D eigenvalue weighted by atomic mass is 10.0. The minimum Gasteiger partial charge on any atom is -0.299 e. The fourth-order valence-electron chi connectivity index (χ4n) is 3.21. The zero-order valence-electron chi connectivity index (χ0n) is 17.2. The molecule has 10 heteroatoms. The Morgan fingerprint density at radius 2 is 1.90 bits per heavy atom. The Morgan fingerprint density at radius 3 is 2.48 bits per heavy atom. The maximum absolute atomic E-state index is 14.8. The summed E-state index contributed by atoms with van der Waals surface area (Å²) in [6.45, 7) is 2.89. The number of carbonyl (C=O) groups is 1. The number of hydrogen-bond acceptors (Lipinski definition) is 6. The van der Waals surface area contributed by atoms with Crippen molar-refractivity contribution in [2.45, 2.75) is 31.6 Å². The van der Waals surface area contributed by atoms with Crippen molar-refractivity contribution < 1.29 is 22.8 Å². The van der Waals surface area contributed by atoms with Crippen molar-refractivity contribution in [3.8, 4) is 11.1 Å². The van der Waals surface area contributed by atoms with Gasteiger partial charge in [-0.25, -0.2) is 23.3 Å². The standard InChI is InChI=1S/C21H22FN3O5S/c1-13-4-6-14(7-5-13)15-11-18-16(10-17(15)22)19(26)25(12-23-18)9-8-21(2,20(27)24-28)31(3,29)30/h4-7,10-12,28H,8-9H2,1-3H3,(H,24,27)/t21-/m0/s1. The highest BCUT2D eigenvalue weighted by molar-refractivity contribution is 7.92. The van der Waals surface area contributed by atoms with Crippen LogP contribution in [0.5, 0.6) is 0 Å². The summed E-state index contributed by atoms with van der Waals surface area (Å²) in [7, 11) is -3.92. The first-order valence-electron chi connectivity index (χ1n) is 9.38. The number of halogens is 1. The molecular weight excluding hydrogens is 425 g/mol. The number of hydrogen-bond donors (Lipinski definition) is 2. The molecule has 0 aliphatic heterocycles. The van der Waals surface area contributed by atoms with Gasteiger partial charge >= 0.3 is 0 Å². The van der Waals surface area contributed by atoms with E-state index in [1.165, 1.54) is 17.9 Å². The topological polar surface area (TPSA) is 118 Å². The number of aromatic nitrogens is 2. The van der Waals surface area contributed by atoms with E-state index in [9.17, 15) is 22.4 Å². The van der Waals surface area contributed by atoms with Gasteiger partial charge in [-0.1, -0.05) is 29.8 Å². The first-order chi connectivity index (χ1) is 14.5. The molecule has 0 saturated heterocycles. The molecule has 164 valence electrons. The summed E-state index contributed by atoms with van der Waals surface area (Å²) in [5.74, 6) is -1.70. The summed E-state index contributed by atoms with van der Waals surface area (Å²) >= 11 is 0. The van der Waals surface area contributed by atoms with Crippen LogP contribution < -0.4 is 11.0 Å². The van der Waals surface area contributed by atoms with Crippen LogP contribution in [0.2, 0.25) is 0 Å². The number of nitrogens with zero attached hydrogens (tertiary/aromatic N) is 2. The molecule has 2 aromatic carbocycles. The van der Waals surface area contributed by atoms with Crippen molar-refractivity contribution in [2.24, 2.45) is 0 Å². The van der Waals surface area contributed by atoms with Crippen LogP contribution in [0.3, 0.4) is 0 Å². The molecule has 3 aromatic rings. The first-order valence-corrected chi connectivity index (χ1v) is 11.3. The van der Waals surface area contributed by atoms with E-state index in [0.29, 0.717) is 11.1 Å². The van der Waals surface area contributed by atoms with Gasteiger partial charge in [0.05, 0.1) is 17.2 Å². The number of sulfone groups is 1. The molecule has 3 rings (SSSR count). The van der Waals surface area contributed by atoms with Gasteiger partial charge in [0.25, 0.3) is 11.5 Å². The molecule has 0 fully saturated rings. The summed E-state index contributed by atoms with van der Waals surface area (Å²) in [6, 6.07) is 9.85. The molecule has 0 bridgehead atoms. The van der Waals surface area contributed by atoms with Crippen LogP contribution in [0.4, 0.5) is 4.39 Å². The molecule has 1 atom stereocenters. The molecule has 2 N–H and O–H groups in total. The molecule has 0 saturated carbocycles. The van der Waals surface area contributed by atoms with E-state index in [0.717, 1.165) is 29.4 Å². The van der Waals surface area contributed by atoms with Crippen LogP contribution in [0.15, 0.2) is 47.5 Å². The van der Waals surface area contributed by atoms with E-state index >= 15 is 0 Å². The Balaban J connectivity index is 2.00. The molecule has 8 nitrogen and oxygen atoms in total. The normalized spacial score (nSPS) is 13.7. The lowest BCUT2D eigenvalue weighted by Gasteiger charge is -2.25. The molecule has 0 unspecified atom stereocenters. The number of hydroxylamine groups is 1. The van der Waals surface area contributed by atoms with Crippen molar-refractivity contribution in [1.82, 2.24) is 15.0 Å². The summed E-state index contributed by atoms with van der Waals surface area (Å²) in [5, 5.41) is 8.94. The van der Waals surface area contributed by atoms with Crippen molar-refractivity contribution in [3.63, 3.8) is 0 Å². The second-order valence-electron chi connectivity index (χ2n) is 7.65. The van der Waals surface area contributed by atoms with Crippen molar-refractivity contribution in [2.75, 3.05) is 6.26 Å². The maximum Gasteiger partial charge on any atom is 0.264 e. The van der Waals surface area contributed by atoms with Crippen LogP contribution in [-0.2, 0) is 21.2 Å². The molecule has 1 aromatic heterocycles. The molecule has 31 heavy (non-hydrogen) atoms. The number of amides is 1. The van der Waals surface area contributed by atoms with Crippen LogP contribution in [0.25, 0.3) is 22.0 Å². The highest BCUT2D eigenvalue weighted by atomic mass is 32.2. The molecule has 0 aliphatic rings. The van der Waals surface area contributed by atoms with E-state index in [4.69, 9.17) is 5.21 Å². The fraction of sp³-hybridized carbons (Fsp3) is 0.286. The highest BCUT2D eigenvalue weighted by Crippen LogP contribution is 2.26. The molecule has 1 amide bonds. The Bertz CT molecular complexity index is 1320. The maximum atomic E-state index is 14.8. The monoisotopic (exact) mass is 447 g/mol. The first kappa shape index (κ1) is 22.6. The van der Waals surface area contributed by atoms with E-state index in [2.05, 4.69) is 4.98 Å². The van der Waals surface area contributed by atoms with Crippen LogP contribution >= 0.6 is 0 Å². The molecule has 0 radical (unpaired) electrons. The van der Waals surface area contributed by atoms with Gasteiger partial charge in [0, 0.05) is 18.4 Å². The zero-order valence-corrected chi connectivity index (χ0v) is 18.0. The summed E-state index contributed by atoms with van der Waals surface area (Å²) in [5.41, 5.74) is 3.06. The Morgan fingerprint density at radius 1 is 1.26 bits per heavy atom. The zero-order chi connectivity index (χ0) is 23.0. The van der Waals surface area contributed by atoms with Gasteiger partial charge in [-0.15, -0.1) is 0 Å². The Hall–Kier alpha value is -3.11. The molecule has 0 spiro atoms. The largest absolute Gasteiger partial charge is 0.299 e. The number of nitrogens with one attached hydrogen (secondary N) is 1. The third-order valence-electron chi connectivity index (χ3n) is 5.51. The smallest absolute Gasteiger partial charge is 0.264 e. The second kappa shape index (κ2) is 8.20. The average molecular weight is 447 g/mol. The third-order valence-corrected chi connectivity index (χ3v) is 7.53. The van der Waals surface area contributed by atoms with Gasteiger partial charge in [-0.05, 0) is 38.0 Å². The van der Waals surface area contributed by atoms with Gasteiger partial charge in [0.1, 0.15) is 5.82 Å². The van der Waals surface area contributed by atoms with Gasteiger partial charge < -0.3 is 0 Å². The van der Waals surface area contributed by atoms with E-state index in [1.54, 1.807) is 12.1 Å². The van der Waals surface area contributed by atoms with Crippen LogP contribution in [-0.4, -0.2) is 40.1 Å². The molecular formula is C21H22FN3O5S. The minimum atomic E-state index is -3.92. The van der Waals surface area contributed by atoms with Crippen molar-refractivity contribution in [3.05, 3.63) is 64.5 Å². The van der Waals surface area contributed by atoms with E-state index < -0.39 is 31.9 Å². The predicted octanol–water partition coefficient (Wildman–Crippen LogP) is 2.21. The number of fused-ring (bicyclic) bond motifs is 1. The van der Waals surface area contributed by atoms with Crippen molar-refractivity contribution in [1.29, 1.82) is 0 Å².